The normalized spacial score (nSPS) is 23.9. The fraction of sp³-hybridized carbons (Fsp3) is 0.720. The number of amides is 1. The topological polar surface area (TPSA) is 23.6 Å². The van der Waals surface area contributed by atoms with Gasteiger partial charge < -0.3 is 9.80 Å². The van der Waals surface area contributed by atoms with Crippen LogP contribution in [-0.4, -0.2) is 42.4 Å². The maximum Gasteiger partial charge on any atom is 0.210 e. The van der Waals surface area contributed by atoms with Crippen LogP contribution >= 0.6 is 0 Å². The van der Waals surface area contributed by atoms with Crippen molar-refractivity contribution in [3.63, 3.8) is 0 Å². The summed E-state index contributed by atoms with van der Waals surface area (Å²) in [6.07, 6.45) is 13.5. The van der Waals surface area contributed by atoms with Crippen molar-refractivity contribution >= 4 is 6.41 Å². The fourth-order valence-electron chi connectivity index (χ4n) is 6.17. The third kappa shape index (κ3) is 4.15. The predicted octanol–water partition coefficient (Wildman–Crippen LogP) is 4.97. The quantitative estimate of drug-likeness (QED) is 0.689. The fourth-order valence-corrected chi connectivity index (χ4v) is 6.17. The Kier molecular flexibility index (Phi) is 6.10. The predicted molar refractivity (Wildman–Crippen MR) is 116 cm³/mol. The molecule has 1 aromatic rings. The number of aryl methyl sites for hydroxylation is 2. The van der Waals surface area contributed by atoms with Crippen LogP contribution in [0.25, 0.3) is 0 Å². The molecule has 1 spiro atoms. The first-order chi connectivity index (χ1) is 13.6. The maximum atomic E-state index is 11.7. The van der Waals surface area contributed by atoms with E-state index in [0.717, 1.165) is 25.4 Å². The van der Waals surface area contributed by atoms with Gasteiger partial charge in [0, 0.05) is 25.0 Å². The van der Waals surface area contributed by atoms with E-state index in [1.54, 1.807) is 5.56 Å². The number of fused-ring (bicyclic) bond motifs is 2. The Morgan fingerprint density at radius 1 is 1.04 bits per heavy atom. The zero-order chi connectivity index (χ0) is 19.6. The van der Waals surface area contributed by atoms with E-state index in [9.17, 15) is 4.79 Å². The van der Waals surface area contributed by atoms with E-state index in [2.05, 4.69) is 30.9 Å². The largest absolute Gasteiger partial charge is 0.340 e. The van der Waals surface area contributed by atoms with Gasteiger partial charge >= 0.3 is 0 Å². The van der Waals surface area contributed by atoms with E-state index in [-0.39, 0.29) is 5.41 Å². The summed E-state index contributed by atoms with van der Waals surface area (Å²) in [6, 6.07) is 4.71. The molecular formula is C25H38N2O. The lowest BCUT2D eigenvalue weighted by Gasteiger charge is -2.49. The van der Waals surface area contributed by atoms with E-state index in [4.69, 9.17) is 0 Å². The van der Waals surface area contributed by atoms with Gasteiger partial charge in [-0.3, -0.25) is 4.79 Å². The van der Waals surface area contributed by atoms with Crippen molar-refractivity contribution in [2.75, 3.05) is 26.2 Å². The monoisotopic (exact) mass is 382 g/mol. The summed E-state index contributed by atoms with van der Waals surface area (Å²) in [4.78, 5) is 16.4. The Morgan fingerprint density at radius 2 is 1.71 bits per heavy atom. The summed E-state index contributed by atoms with van der Waals surface area (Å²) in [5.41, 5.74) is 5.86. The van der Waals surface area contributed by atoms with Crippen LogP contribution in [0.5, 0.6) is 0 Å². The summed E-state index contributed by atoms with van der Waals surface area (Å²) in [5, 5.41) is 0. The van der Waals surface area contributed by atoms with Gasteiger partial charge in [0.25, 0.3) is 0 Å². The zero-order valence-corrected chi connectivity index (χ0v) is 18.0. The highest BCUT2D eigenvalue weighted by Gasteiger charge is 2.42. The molecule has 1 amide bonds. The van der Waals surface area contributed by atoms with Gasteiger partial charge in [0.05, 0.1) is 0 Å². The lowest BCUT2D eigenvalue weighted by Crippen LogP contribution is -2.52. The molecular weight excluding hydrogens is 344 g/mol. The SMILES string of the molecule is Cc1cc(C)c2c(c1)C1(CCN(CC3CCCCCCC3)CC1)CN(C=O)C2. The highest BCUT2D eigenvalue weighted by atomic mass is 16.1. The summed E-state index contributed by atoms with van der Waals surface area (Å²) < 4.78 is 0. The molecule has 28 heavy (non-hydrogen) atoms. The first-order valence-corrected chi connectivity index (χ1v) is 11.6. The molecule has 0 N–H and O–H groups in total. The molecule has 0 bridgehead atoms. The molecule has 3 heteroatoms. The lowest BCUT2D eigenvalue weighted by atomic mass is 9.67. The van der Waals surface area contributed by atoms with E-state index < -0.39 is 0 Å². The van der Waals surface area contributed by atoms with Crippen molar-refractivity contribution in [3.05, 3.63) is 34.4 Å². The van der Waals surface area contributed by atoms with Crippen molar-refractivity contribution in [3.8, 4) is 0 Å². The van der Waals surface area contributed by atoms with Gasteiger partial charge in [-0.25, -0.2) is 0 Å². The molecule has 1 saturated carbocycles. The molecule has 2 aliphatic heterocycles. The molecule has 2 heterocycles. The smallest absolute Gasteiger partial charge is 0.210 e. The number of carbonyl (C=O) groups excluding carboxylic acids is 1. The van der Waals surface area contributed by atoms with Gasteiger partial charge in [-0.2, -0.15) is 0 Å². The van der Waals surface area contributed by atoms with E-state index in [1.165, 1.54) is 94.1 Å². The molecule has 1 saturated heterocycles. The first kappa shape index (κ1) is 19.9. The molecule has 0 unspecified atom stereocenters. The molecule has 0 aromatic heterocycles. The molecule has 2 fully saturated rings. The number of carbonyl (C=O) groups is 1. The van der Waals surface area contributed by atoms with Gasteiger partial charge in [0.15, 0.2) is 0 Å². The van der Waals surface area contributed by atoms with Crippen LogP contribution in [0, 0.1) is 19.8 Å². The third-order valence-corrected chi connectivity index (χ3v) is 7.76. The second-order valence-electron chi connectivity index (χ2n) is 9.91. The van der Waals surface area contributed by atoms with Crippen molar-refractivity contribution in [2.24, 2.45) is 5.92 Å². The van der Waals surface area contributed by atoms with Gasteiger partial charge in [-0.15, -0.1) is 0 Å². The highest BCUT2D eigenvalue weighted by molar-refractivity contribution is 5.53. The minimum Gasteiger partial charge on any atom is -0.340 e. The van der Waals surface area contributed by atoms with E-state index in [1.807, 2.05) is 4.90 Å². The van der Waals surface area contributed by atoms with Crippen molar-refractivity contribution in [1.29, 1.82) is 0 Å². The second-order valence-corrected chi connectivity index (χ2v) is 9.91. The lowest BCUT2D eigenvalue weighted by molar-refractivity contribution is -0.120. The molecule has 3 nitrogen and oxygen atoms in total. The molecule has 1 aliphatic carbocycles. The van der Waals surface area contributed by atoms with Crippen LogP contribution in [0.1, 0.15) is 80.0 Å². The van der Waals surface area contributed by atoms with E-state index >= 15 is 0 Å². The number of hydrogen-bond acceptors (Lipinski definition) is 2. The van der Waals surface area contributed by atoms with Crippen LogP contribution in [0.2, 0.25) is 0 Å². The highest BCUT2D eigenvalue weighted by Crippen LogP contribution is 2.43. The number of nitrogens with zero attached hydrogens (tertiary/aromatic N) is 2. The summed E-state index contributed by atoms with van der Waals surface area (Å²) in [5.74, 6) is 0.906. The molecule has 0 radical (unpaired) electrons. The van der Waals surface area contributed by atoms with Crippen LogP contribution in [-0.2, 0) is 16.8 Å². The average molecular weight is 383 g/mol. The molecule has 4 rings (SSSR count). The average Bonchev–Trinajstić information content (AvgIpc) is 2.66. The number of hydrogen-bond donors (Lipinski definition) is 0. The Bertz CT molecular complexity index is 682. The zero-order valence-electron chi connectivity index (χ0n) is 18.0. The standard InChI is InChI=1S/C25H38N2O/c1-20-14-21(2)23-17-27(19-28)18-25(24(23)15-20)10-12-26(13-11-25)16-22-8-6-4-3-5-7-9-22/h14-15,19,22H,3-13,16-18H2,1-2H3. The summed E-state index contributed by atoms with van der Waals surface area (Å²) in [6.45, 7) is 9.81. The minimum absolute atomic E-state index is 0.169. The minimum atomic E-state index is 0.169. The number of rotatable bonds is 3. The first-order valence-electron chi connectivity index (χ1n) is 11.6. The van der Waals surface area contributed by atoms with Crippen molar-refractivity contribution < 1.29 is 4.79 Å². The van der Waals surface area contributed by atoms with Gasteiger partial charge in [0.1, 0.15) is 0 Å². The van der Waals surface area contributed by atoms with Crippen molar-refractivity contribution in [2.45, 2.75) is 83.6 Å². The van der Waals surface area contributed by atoms with Crippen LogP contribution in [0.4, 0.5) is 0 Å². The number of benzene rings is 1. The Balaban J connectivity index is 1.47. The maximum absolute atomic E-state index is 11.7. The van der Waals surface area contributed by atoms with Crippen LogP contribution < -0.4 is 0 Å². The van der Waals surface area contributed by atoms with Gasteiger partial charge in [-0.05, 0) is 75.2 Å². The number of likely N-dealkylation sites (tertiary alicyclic amines) is 1. The summed E-state index contributed by atoms with van der Waals surface area (Å²) in [7, 11) is 0. The summed E-state index contributed by atoms with van der Waals surface area (Å²) >= 11 is 0. The third-order valence-electron chi connectivity index (χ3n) is 7.76. The van der Waals surface area contributed by atoms with Gasteiger partial charge in [-0.1, -0.05) is 49.8 Å². The molecule has 1 aromatic carbocycles. The number of piperidine rings is 1. The Labute approximate surface area is 171 Å². The van der Waals surface area contributed by atoms with Crippen molar-refractivity contribution in [1.82, 2.24) is 9.80 Å². The van der Waals surface area contributed by atoms with Crippen LogP contribution in [0.3, 0.4) is 0 Å². The molecule has 0 atom stereocenters. The van der Waals surface area contributed by atoms with Gasteiger partial charge in [0.2, 0.25) is 6.41 Å². The Morgan fingerprint density at radius 3 is 2.39 bits per heavy atom. The molecule has 3 aliphatic rings. The second kappa shape index (κ2) is 8.57. The molecule has 154 valence electrons. The van der Waals surface area contributed by atoms with Crippen LogP contribution in [0.15, 0.2) is 12.1 Å². The Hall–Kier alpha value is -1.35. The van der Waals surface area contributed by atoms with E-state index in [0.29, 0.717) is 0 Å².